The minimum absolute atomic E-state index is 0.130. The molecule has 9 heteroatoms. The van der Waals surface area contributed by atoms with Gasteiger partial charge in [0.05, 0.1) is 16.0 Å². The Hall–Kier alpha value is -1.97. The Morgan fingerprint density at radius 1 is 1.18 bits per heavy atom. The van der Waals surface area contributed by atoms with Gasteiger partial charge in [-0.25, -0.2) is 22.7 Å². The summed E-state index contributed by atoms with van der Waals surface area (Å²) in [5.74, 6) is -2.95. The highest BCUT2D eigenvalue weighted by molar-refractivity contribution is 7.89. The summed E-state index contributed by atoms with van der Waals surface area (Å²) < 4.78 is 31.4. The van der Waals surface area contributed by atoms with Crippen LogP contribution >= 0.6 is 0 Å². The number of sulfonamides is 1. The van der Waals surface area contributed by atoms with Crippen LogP contribution in [0.1, 0.15) is 34.1 Å². The highest BCUT2D eigenvalue weighted by Gasteiger charge is 2.21. The molecule has 3 N–H and O–H groups in total. The molecule has 0 unspecified atom stereocenters. The number of nitrogens with one attached hydrogen (secondary N) is 1. The number of rotatable bonds is 9. The van der Waals surface area contributed by atoms with Crippen LogP contribution in [0, 0.1) is 0 Å². The molecule has 0 fully saturated rings. The smallest absolute Gasteiger partial charge is 0.336 e. The summed E-state index contributed by atoms with van der Waals surface area (Å²) in [5, 5.41) is 17.9. The minimum Gasteiger partial charge on any atom is -0.478 e. The molecule has 0 aliphatic heterocycles. The lowest BCUT2D eigenvalue weighted by Crippen LogP contribution is -2.26. The molecule has 1 rings (SSSR count). The van der Waals surface area contributed by atoms with Crippen molar-refractivity contribution >= 4 is 22.0 Å². The average Bonchev–Trinajstić information content (AvgIpc) is 2.46. The zero-order valence-corrected chi connectivity index (χ0v) is 12.7. The molecule has 122 valence electrons. The fourth-order valence-corrected chi connectivity index (χ4v) is 2.76. The molecule has 0 aliphatic rings. The first kappa shape index (κ1) is 18.1. The molecule has 0 atom stereocenters. The van der Waals surface area contributed by atoms with Crippen LogP contribution in [-0.2, 0) is 14.8 Å². The lowest BCUT2D eigenvalue weighted by atomic mass is 10.1. The predicted molar refractivity (Wildman–Crippen MR) is 76.7 cm³/mol. The second-order valence-corrected chi connectivity index (χ2v) is 6.03. The van der Waals surface area contributed by atoms with Gasteiger partial charge in [0.1, 0.15) is 0 Å². The maximum absolute atomic E-state index is 12.0. The second-order valence-electron chi connectivity index (χ2n) is 4.27. The molecule has 0 aliphatic carbocycles. The summed E-state index contributed by atoms with van der Waals surface area (Å²) in [4.78, 5) is 21.7. The number of hydrogen-bond donors (Lipinski definition) is 3. The molecule has 0 aromatic heterocycles. The lowest BCUT2D eigenvalue weighted by molar-refractivity contribution is 0.0651. The first-order valence-corrected chi connectivity index (χ1v) is 7.96. The van der Waals surface area contributed by atoms with Gasteiger partial charge in [-0.1, -0.05) is 0 Å². The van der Waals surface area contributed by atoms with Crippen molar-refractivity contribution < 1.29 is 33.0 Å². The number of benzene rings is 1. The third-order valence-electron chi connectivity index (χ3n) is 2.72. The molecule has 22 heavy (non-hydrogen) atoms. The SMILES string of the molecule is CCOCCCNS(=O)(=O)c1ccc(C(=O)O)c(C(=O)O)c1. The molecular weight excluding hydrogens is 314 g/mol. The summed E-state index contributed by atoms with van der Waals surface area (Å²) in [5.41, 5.74) is -1.05. The molecule has 8 nitrogen and oxygen atoms in total. The number of aromatic carboxylic acids is 2. The molecule has 0 spiro atoms. The van der Waals surface area contributed by atoms with Crippen LogP contribution in [0.4, 0.5) is 0 Å². The maximum atomic E-state index is 12.0. The first-order chi connectivity index (χ1) is 10.3. The quantitative estimate of drug-likeness (QED) is 0.570. The summed E-state index contributed by atoms with van der Waals surface area (Å²) in [6, 6.07) is 2.85. The number of carboxylic acid groups (broad SMARTS) is 2. The van der Waals surface area contributed by atoms with E-state index >= 15 is 0 Å². The molecule has 1 aromatic carbocycles. The highest BCUT2D eigenvalue weighted by Crippen LogP contribution is 2.16. The van der Waals surface area contributed by atoms with Crippen molar-refractivity contribution in [3.63, 3.8) is 0 Å². The summed E-state index contributed by atoms with van der Waals surface area (Å²) in [6.07, 6.45) is 0.464. The maximum Gasteiger partial charge on any atom is 0.336 e. The number of hydrogen-bond acceptors (Lipinski definition) is 5. The Kier molecular flexibility index (Phi) is 6.47. The van der Waals surface area contributed by atoms with Crippen LogP contribution in [-0.4, -0.2) is 50.3 Å². The minimum atomic E-state index is -3.91. The summed E-state index contributed by atoms with van der Waals surface area (Å²) in [6.45, 7) is 2.88. The van der Waals surface area contributed by atoms with Gasteiger partial charge in [0.2, 0.25) is 10.0 Å². The Bertz CT molecular complexity index is 654. The highest BCUT2D eigenvalue weighted by atomic mass is 32.2. The van der Waals surface area contributed by atoms with Crippen LogP contribution in [0.25, 0.3) is 0 Å². The second kappa shape index (κ2) is 7.87. The van der Waals surface area contributed by atoms with E-state index in [-0.39, 0.29) is 11.4 Å². The van der Waals surface area contributed by atoms with E-state index in [4.69, 9.17) is 14.9 Å². The standard InChI is InChI=1S/C13H17NO7S/c1-2-21-7-3-6-14-22(19,20)9-4-5-10(12(15)16)11(8-9)13(17)18/h4-5,8,14H,2-3,6-7H2,1H3,(H,15,16)(H,17,18). The Labute approximate surface area is 127 Å². The lowest BCUT2D eigenvalue weighted by Gasteiger charge is -2.09. The van der Waals surface area contributed by atoms with Crippen LogP contribution in [0.5, 0.6) is 0 Å². The molecular formula is C13H17NO7S. The fraction of sp³-hybridized carbons (Fsp3) is 0.385. The first-order valence-electron chi connectivity index (χ1n) is 6.47. The van der Waals surface area contributed by atoms with E-state index in [9.17, 15) is 18.0 Å². The van der Waals surface area contributed by atoms with Gasteiger partial charge in [-0.05, 0) is 31.5 Å². The van der Waals surface area contributed by atoms with Crippen LogP contribution in [0.3, 0.4) is 0 Å². The van der Waals surface area contributed by atoms with E-state index in [2.05, 4.69) is 4.72 Å². The monoisotopic (exact) mass is 331 g/mol. The van der Waals surface area contributed by atoms with Crippen molar-refractivity contribution in [2.45, 2.75) is 18.2 Å². The van der Waals surface area contributed by atoms with Gasteiger partial charge >= 0.3 is 11.9 Å². The van der Waals surface area contributed by atoms with Crippen LogP contribution in [0.15, 0.2) is 23.1 Å². The van der Waals surface area contributed by atoms with Gasteiger partial charge in [0.15, 0.2) is 0 Å². The number of carboxylic acids is 2. The Balaban J connectivity index is 2.93. The number of carbonyl (C=O) groups is 2. The molecule has 0 heterocycles. The number of ether oxygens (including phenoxy) is 1. The van der Waals surface area contributed by atoms with E-state index in [0.29, 0.717) is 19.6 Å². The van der Waals surface area contributed by atoms with E-state index in [1.54, 1.807) is 0 Å². The van der Waals surface area contributed by atoms with E-state index in [1.165, 1.54) is 0 Å². The third kappa shape index (κ3) is 4.79. The van der Waals surface area contributed by atoms with Gasteiger partial charge in [-0.3, -0.25) is 0 Å². The van der Waals surface area contributed by atoms with Crippen molar-refractivity contribution in [3.05, 3.63) is 29.3 Å². The Morgan fingerprint density at radius 3 is 2.36 bits per heavy atom. The van der Waals surface area contributed by atoms with Crippen molar-refractivity contribution in [2.24, 2.45) is 0 Å². The van der Waals surface area contributed by atoms with Gasteiger partial charge < -0.3 is 14.9 Å². The van der Waals surface area contributed by atoms with Crippen molar-refractivity contribution in [1.29, 1.82) is 0 Å². The molecule has 0 saturated carbocycles. The van der Waals surface area contributed by atoms with Gasteiger partial charge in [0, 0.05) is 19.8 Å². The zero-order chi connectivity index (χ0) is 16.8. The van der Waals surface area contributed by atoms with Gasteiger partial charge in [-0.15, -0.1) is 0 Å². The zero-order valence-electron chi connectivity index (χ0n) is 11.9. The van der Waals surface area contributed by atoms with Crippen molar-refractivity contribution in [1.82, 2.24) is 4.72 Å². The van der Waals surface area contributed by atoms with Gasteiger partial charge in [-0.2, -0.15) is 0 Å². The van der Waals surface area contributed by atoms with E-state index in [1.807, 2.05) is 6.92 Å². The van der Waals surface area contributed by atoms with Crippen LogP contribution < -0.4 is 4.72 Å². The summed E-state index contributed by atoms with van der Waals surface area (Å²) >= 11 is 0. The van der Waals surface area contributed by atoms with Crippen molar-refractivity contribution in [2.75, 3.05) is 19.8 Å². The molecule has 0 saturated heterocycles. The summed E-state index contributed by atoms with van der Waals surface area (Å²) in [7, 11) is -3.91. The average molecular weight is 331 g/mol. The molecule has 0 radical (unpaired) electrons. The van der Waals surface area contributed by atoms with Crippen LogP contribution in [0.2, 0.25) is 0 Å². The van der Waals surface area contributed by atoms with E-state index in [0.717, 1.165) is 18.2 Å². The largest absolute Gasteiger partial charge is 0.478 e. The Morgan fingerprint density at radius 2 is 1.82 bits per heavy atom. The molecule has 0 bridgehead atoms. The molecule has 0 amide bonds. The predicted octanol–water partition coefficient (Wildman–Crippen LogP) is 0.788. The van der Waals surface area contributed by atoms with Crippen molar-refractivity contribution in [3.8, 4) is 0 Å². The fourth-order valence-electron chi connectivity index (χ4n) is 1.66. The normalized spacial score (nSPS) is 11.3. The van der Waals surface area contributed by atoms with E-state index < -0.39 is 33.1 Å². The van der Waals surface area contributed by atoms with Gasteiger partial charge in [0.25, 0.3) is 0 Å². The topological polar surface area (TPSA) is 130 Å². The molecule has 1 aromatic rings. The third-order valence-corrected chi connectivity index (χ3v) is 4.18.